The van der Waals surface area contributed by atoms with E-state index < -0.39 is 32.4 Å². The predicted octanol–water partition coefficient (Wildman–Crippen LogP) is 2.70. The molecule has 0 aliphatic carbocycles. The molecule has 0 saturated carbocycles. The average Bonchev–Trinajstić information content (AvgIpc) is 2.61. The van der Waals surface area contributed by atoms with Crippen LogP contribution in [-0.2, 0) is 16.4 Å². The molecule has 0 saturated heterocycles. The maximum atomic E-state index is 13.4. The lowest BCUT2D eigenvalue weighted by molar-refractivity contribution is -0.387. The van der Waals surface area contributed by atoms with Gasteiger partial charge in [-0.05, 0) is 48.7 Å². The van der Waals surface area contributed by atoms with E-state index in [4.69, 9.17) is 0 Å². The van der Waals surface area contributed by atoms with Crippen molar-refractivity contribution in [1.82, 2.24) is 0 Å². The number of carbonyl (C=O) groups excluding carboxylic acids is 1. The molecule has 10 heteroatoms. The van der Waals surface area contributed by atoms with Crippen molar-refractivity contribution in [2.24, 2.45) is 0 Å². The van der Waals surface area contributed by atoms with Crippen molar-refractivity contribution in [2.75, 3.05) is 22.4 Å². The number of hydrogen-bond acceptors (Lipinski definition) is 5. The number of halogens is 1. The van der Waals surface area contributed by atoms with Gasteiger partial charge >= 0.3 is 5.69 Å². The van der Waals surface area contributed by atoms with Crippen LogP contribution < -0.4 is 9.62 Å². The summed E-state index contributed by atoms with van der Waals surface area (Å²) < 4.78 is 38.5. The first kappa shape index (κ1) is 18.8. The van der Waals surface area contributed by atoms with Crippen molar-refractivity contribution in [3.05, 3.63) is 63.5 Å². The van der Waals surface area contributed by atoms with Crippen LogP contribution in [0.4, 0.5) is 21.5 Å². The van der Waals surface area contributed by atoms with Crippen LogP contribution in [0.3, 0.4) is 0 Å². The zero-order chi connectivity index (χ0) is 19.8. The number of rotatable bonds is 4. The maximum absolute atomic E-state index is 13.4. The molecule has 0 unspecified atom stereocenters. The smallest absolute Gasteiger partial charge is 0.306 e. The third-order valence-corrected chi connectivity index (χ3v) is 5.40. The highest BCUT2D eigenvalue weighted by molar-refractivity contribution is 7.92. The van der Waals surface area contributed by atoms with E-state index in [9.17, 15) is 27.7 Å². The highest BCUT2D eigenvalue weighted by atomic mass is 32.2. The molecule has 0 fully saturated rings. The monoisotopic (exact) mass is 393 g/mol. The molecule has 3 rings (SSSR count). The van der Waals surface area contributed by atoms with Gasteiger partial charge in [-0.25, -0.2) is 8.42 Å². The van der Waals surface area contributed by atoms with Crippen molar-refractivity contribution in [2.45, 2.75) is 12.8 Å². The Morgan fingerprint density at radius 3 is 2.67 bits per heavy atom. The fourth-order valence-electron chi connectivity index (χ4n) is 2.98. The maximum Gasteiger partial charge on any atom is 0.306 e. The van der Waals surface area contributed by atoms with Crippen LogP contribution >= 0.6 is 0 Å². The average molecular weight is 393 g/mol. The summed E-state index contributed by atoms with van der Waals surface area (Å²) in [5.74, 6) is -1.53. The van der Waals surface area contributed by atoms with E-state index in [0.717, 1.165) is 24.0 Å². The van der Waals surface area contributed by atoms with E-state index in [1.807, 2.05) is 0 Å². The number of aryl methyl sites for hydroxylation is 1. The van der Waals surface area contributed by atoms with Gasteiger partial charge in [-0.3, -0.25) is 19.2 Å². The Morgan fingerprint density at radius 1 is 1.26 bits per heavy atom. The molecule has 8 nitrogen and oxygen atoms in total. The first-order chi connectivity index (χ1) is 12.7. The first-order valence-electron chi connectivity index (χ1n) is 8.03. The quantitative estimate of drug-likeness (QED) is 0.634. The lowest BCUT2D eigenvalue weighted by atomic mass is 10.0. The van der Waals surface area contributed by atoms with Crippen LogP contribution in [0.25, 0.3) is 0 Å². The predicted molar refractivity (Wildman–Crippen MR) is 98.0 cm³/mol. The van der Waals surface area contributed by atoms with Gasteiger partial charge in [-0.2, -0.15) is 4.39 Å². The minimum Gasteiger partial charge on any atom is -0.322 e. The number of carbonyl (C=O) groups is 1. The number of fused-ring (bicyclic) bond motifs is 1. The number of nitro benzene ring substituents is 1. The largest absolute Gasteiger partial charge is 0.322 e. The van der Waals surface area contributed by atoms with Crippen molar-refractivity contribution >= 4 is 33.0 Å². The molecule has 0 radical (unpaired) electrons. The Balaban J connectivity index is 1.87. The molecule has 1 aliphatic heterocycles. The van der Waals surface area contributed by atoms with Crippen LogP contribution in [0.1, 0.15) is 22.3 Å². The lowest BCUT2D eigenvalue weighted by Gasteiger charge is -2.29. The number of nitro groups is 1. The molecule has 27 heavy (non-hydrogen) atoms. The molecule has 2 aromatic carbocycles. The van der Waals surface area contributed by atoms with Crippen molar-refractivity contribution < 1.29 is 22.5 Å². The summed E-state index contributed by atoms with van der Waals surface area (Å²) >= 11 is 0. The number of amides is 1. The fraction of sp³-hybridized carbons (Fsp3) is 0.235. The molecule has 0 atom stereocenters. The van der Waals surface area contributed by atoms with E-state index in [2.05, 4.69) is 5.32 Å². The fourth-order valence-corrected chi connectivity index (χ4v) is 3.98. The molecular formula is C17H16FN3O5S. The molecule has 1 N–H and O–H groups in total. The van der Waals surface area contributed by atoms with Gasteiger partial charge in [-0.15, -0.1) is 0 Å². The first-order valence-corrected chi connectivity index (χ1v) is 9.87. The number of hydrogen-bond donors (Lipinski definition) is 1. The molecule has 0 spiro atoms. The third kappa shape index (κ3) is 3.90. The number of benzene rings is 2. The molecule has 0 aromatic heterocycles. The van der Waals surface area contributed by atoms with Gasteiger partial charge in [0.15, 0.2) is 0 Å². The SMILES string of the molecule is CS(=O)(=O)N1CCCc2cc(C(=O)Nc3ccc(F)c([N+](=O)[O-])c3)ccc21. The van der Waals surface area contributed by atoms with E-state index in [1.54, 1.807) is 12.1 Å². The minimum absolute atomic E-state index is 0.0867. The van der Waals surface area contributed by atoms with Gasteiger partial charge < -0.3 is 5.32 Å². The van der Waals surface area contributed by atoms with Crippen LogP contribution in [0.5, 0.6) is 0 Å². The Hall–Kier alpha value is -3.01. The van der Waals surface area contributed by atoms with Crippen LogP contribution in [0.15, 0.2) is 36.4 Å². The summed E-state index contributed by atoms with van der Waals surface area (Å²) in [7, 11) is -3.40. The number of nitrogens with zero attached hydrogens (tertiary/aromatic N) is 2. The van der Waals surface area contributed by atoms with Gasteiger partial charge in [0, 0.05) is 23.9 Å². The summed E-state index contributed by atoms with van der Waals surface area (Å²) in [6, 6.07) is 7.72. The highest BCUT2D eigenvalue weighted by Gasteiger charge is 2.25. The Bertz CT molecular complexity index is 1040. The second kappa shape index (κ2) is 6.95. The summed E-state index contributed by atoms with van der Waals surface area (Å²) in [5.41, 5.74) is 0.892. The summed E-state index contributed by atoms with van der Waals surface area (Å²) in [4.78, 5) is 22.4. The molecule has 1 heterocycles. The van der Waals surface area contributed by atoms with Gasteiger partial charge in [0.1, 0.15) is 0 Å². The van der Waals surface area contributed by atoms with Crippen LogP contribution in [0.2, 0.25) is 0 Å². The van der Waals surface area contributed by atoms with Crippen molar-refractivity contribution in [1.29, 1.82) is 0 Å². The van der Waals surface area contributed by atoms with Gasteiger partial charge in [-0.1, -0.05) is 0 Å². The molecule has 0 bridgehead atoms. The Morgan fingerprint density at radius 2 is 2.00 bits per heavy atom. The second-order valence-corrected chi connectivity index (χ2v) is 8.07. The highest BCUT2D eigenvalue weighted by Crippen LogP contribution is 2.30. The molecule has 2 aromatic rings. The minimum atomic E-state index is -3.40. The molecule has 142 valence electrons. The van der Waals surface area contributed by atoms with Crippen LogP contribution in [0, 0.1) is 15.9 Å². The Kier molecular flexibility index (Phi) is 4.83. The van der Waals surface area contributed by atoms with Gasteiger partial charge in [0.25, 0.3) is 5.91 Å². The normalized spacial score (nSPS) is 13.8. The standard InChI is InChI=1S/C17H16FN3O5S/c1-27(25,26)20-8-2-3-11-9-12(4-7-15(11)20)17(22)19-13-5-6-14(18)16(10-13)21(23)24/h4-7,9-10H,2-3,8H2,1H3,(H,19,22). The molecule has 1 aliphatic rings. The van der Waals surface area contributed by atoms with E-state index in [0.29, 0.717) is 25.1 Å². The van der Waals surface area contributed by atoms with E-state index in [1.165, 1.54) is 16.4 Å². The van der Waals surface area contributed by atoms with E-state index >= 15 is 0 Å². The number of sulfonamides is 1. The summed E-state index contributed by atoms with van der Waals surface area (Å²) in [5, 5.41) is 13.3. The van der Waals surface area contributed by atoms with E-state index in [-0.39, 0.29) is 11.3 Å². The van der Waals surface area contributed by atoms with Crippen molar-refractivity contribution in [3.63, 3.8) is 0 Å². The Labute approximate surface area is 154 Å². The summed E-state index contributed by atoms with van der Waals surface area (Å²) in [6.07, 6.45) is 2.39. The number of anilines is 2. The number of nitrogens with one attached hydrogen (secondary N) is 1. The molecular weight excluding hydrogens is 377 g/mol. The lowest BCUT2D eigenvalue weighted by Crippen LogP contribution is -2.34. The van der Waals surface area contributed by atoms with Gasteiger partial charge in [0.2, 0.25) is 15.8 Å². The van der Waals surface area contributed by atoms with Gasteiger partial charge in [0.05, 0.1) is 16.9 Å². The molecule has 1 amide bonds. The second-order valence-electron chi connectivity index (χ2n) is 6.16. The van der Waals surface area contributed by atoms with Crippen molar-refractivity contribution in [3.8, 4) is 0 Å². The van der Waals surface area contributed by atoms with Crippen LogP contribution in [-0.4, -0.2) is 32.0 Å². The zero-order valence-electron chi connectivity index (χ0n) is 14.3. The topological polar surface area (TPSA) is 110 Å². The summed E-state index contributed by atoms with van der Waals surface area (Å²) in [6.45, 7) is 0.386. The zero-order valence-corrected chi connectivity index (χ0v) is 15.1. The third-order valence-electron chi connectivity index (χ3n) is 4.22.